The van der Waals surface area contributed by atoms with E-state index in [2.05, 4.69) is 9.97 Å². The van der Waals surface area contributed by atoms with Crippen molar-refractivity contribution in [2.75, 3.05) is 13.2 Å². The highest BCUT2D eigenvalue weighted by Crippen LogP contribution is 2.19. The third-order valence-electron chi connectivity index (χ3n) is 2.35. The fourth-order valence-electron chi connectivity index (χ4n) is 1.66. The average Bonchev–Trinajstić information content (AvgIpc) is 2.26. The summed E-state index contributed by atoms with van der Waals surface area (Å²) in [4.78, 5) is 8.75. The second-order valence-corrected chi connectivity index (χ2v) is 3.45. The Balaban J connectivity index is 2.12. The van der Waals surface area contributed by atoms with Crippen molar-refractivity contribution >= 4 is 0 Å². The standard InChI is InChI=1S/C10H15N3O/c11-5-6-14-10-7-12-8-3-1-2-4-9(8)13-10/h7H,1-6,11H2. The fraction of sp³-hybridized carbons (Fsp3) is 0.600. The number of hydrogen-bond donors (Lipinski definition) is 1. The van der Waals surface area contributed by atoms with Gasteiger partial charge >= 0.3 is 0 Å². The number of aromatic nitrogens is 2. The Morgan fingerprint density at radius 3 is 2.86 bits per heavy atom. The average molecular weight is 193 g/mol. The molecule has 1 aliphatic rings. The Hall–Kier alpha value is -1.16. The van der Waals surface area contributed by atoms with Gasteiger partial charge in [0.2, 0.25) is 5.88 Å². The summed E-state index contributed by atoms with van der Waals surface area (Å²) in [6.45, 7) is 1.02. The summed E-state index contributed by atoms with van der Waals surface area (Å²) in [5, 5.41) is 0. The number of ether oxygens (including phenoxy) is 1. The smallest absolute Gasteiger partial charge is 0.232 e. The van der Waals surface area contributed by atoms with Gasteiger partial charge in [0.15, 0.2) is 0 Å². The van der Waals surface area contributed by atoms with E-state index in [9.17, 15) is 0 Å². The van der Waals surface area contributed by atoms with Gasteiger partial charge in [0.25, 0.3) is 0 Å². The van der Waals surface area contributed by atoms with E-state index in [1.807, 2.05) is 0 Å². The molecule has 0 saturated heterocycles. The molecule has 14 heavy (non-hydrogen) atoms. The summed E-state index contributed by atoms with van der Waals surface area (Å²) in [7, 11) is 0. The molecule has 0 radical (unpaired) electrons. The topological polar surface area (TPSA) is 61.0 Å². The van der Waals surface area contributed by atoms with Crippen LogP contribution in [0.4, 0.5) is 0 Å². The maximum absolute atomic E-state index is 5.34. The molecule has 0 saturated carbocycles. The third-order valence-corrected chi connectivity index (χ3v) is 2.35. The first-order valence-electron chi connectivity index (χ1n) is 5.08. The van der Waals surface area contributed by atoms with Gasteiger partial charge in [-0.25, -0.2) is 4.98 Å². The van der Waals surface area contributed by atoms with E-state index in [0.717, 1.165) is 24.2 Å². The quantitative estimate of drug-likeness (QED) is 0.767. The van der Waals surface area contributed by atoms with Crippen molar-refractivity contribution in [1.29, 1.82) is 0 Å². The molecule has 76 valence electrons. The van der Waals surface area contributed by atoms with Crippen LogP contribution >= 0.6 is 0 Å². The summed E-state index contributed by atoms with van der Waals surface area (Å²) >= 11 is 0. The Bertz CT molecular complexity index is 314. The van der Waals surface area contributed by atoms with Crippen molar-refractivity contribution in [3.05, 3.63) is 17.6 Å². The van der Waals surface area contributed by atoms with E-state index in [1.54, 1.807) is 6.20 Å². The molecule has 0 spiro atoms. The van der Waals surface area contributed by atoms with Crippen LogP contribution in [0.3, 0.4) is 0 Å². The van der Waals surface area contributed by atoms with E-state index in [0.29, 0.717) is 19.0 Å². The molecule has 0 amide bonds. The lowest BCUT2D eigenvalue weighted by Crippen LogP contribution is -2.13. The van der Waals surface area contributed by atoms with Gasteiger partial charge in [0, 0.05) is 6.54 Å². The molecule has 0 atom stereocenters. The van der Waals surface area contributed by atoms with Crippen LogP contribution in [0.25, 0.3) is 0 Å². The molecule has 0 aromatic carbocycles. The van der Waals surface area contributed by atoms with Crippen molar-refractivity contribution in [2.45, 2.75) is 25.7 Å². The van der Waals surface area contributed by atoms with E-state index in [-0.39, 0.29) is 0 Å². The summed E-state index contributed by atoms with van der Waals surface area (Å²) in [5.41, 5.74) is 7.58. The van der Waals surface area contributed by atoms with Gasteiger partial charge in [-0.05, 0) is 25.7 Å². The maximum Gasteiger partial charge on any atom is 0.232 e. The van der Waals surface area contributed by atoms with E-state index in [4.69, 9.17) is 10.5 Å². The van der Waals surface area contributed by atoms with E-state index < -0.39 is 0 Å². The number of fused-ring (bicyclic) bond motifs is 1. The molecule has 2 N–H and O–H groups in total. The number of hydrogen-bond acceptors (Lipinski definition) is 4. The summed E-state index contributed by atoms with van der Waals surface area (Å²) in [6.07, 6.45) is 6.22. The van der Waals surface area contributed by atoms with Gasteiger partial charge in [-0.2, -0.15) is 0 Å². The number of nitrogens with two attached hydrogens (primary N) is 1. The summed E-state index contributed by atoms with van der Waals surface area (Å²) in [6, 6.07) is 0. The number of aryl methyl sites for hydroxylation is 2. The zero-order valence-corrected chi connectivity index (χ0v) is 8.20. The minimum Gasteiger partial charge on any atom is -0.475 e. The first kappa shape index (κ1) is 9.40. The highest BCUT2D eigenvalue weighted by Gasteiger charge is 2.12. The van der Waals surface area contributed by atoms with Gasteiger partial charge in [-0.15, -0.1) is 0 Å². The lowest BCUT2D eigenvalue weighted by Gasteiger charge is -2.14. The lowest BCUT2D eigenvalue weighted by atomic mass is 10.0. The second kappa shape index (κ2) is 4.37. The molecule has 2 rings (SSSR count). The molecule has 1 aliphatic carbocycles. The molecule has 0 unspecified atom stereocenters. The van der Waals surface area contributed by atoms with Gasteiger partial charge in [0.05, 0.1) is 17.6 Å². The van der Waals surface area contributed by atoms with Crippen LogP contribution in [0, 0.1) is 0 Å². The highest BCUT2D eigenvalue weighted by molar-refractivity contribution is 5.19. The molecule has 4 heteroatoms. The Labute approximate surface area is 83.5 Å². The number of nitrogens with zero attached hydrogens (tertiary/aromatic N) is 2. The molecule has 4 nitrogen and oxygen atoms in total. The van der Waals surface area contributed by atoms with Crippen LogP contribution in [0.15, 0.2) is 6.20 Å². The van der Waals surface area contributed by atoms with Crippen LogP contribution in [0.5, 0.6) is 5.88 Å². The predicted octanol–water partition coefficient (Wildman–Crippen LogP) is 0.693. The van der Waals surface area contributed by atoms with Crippen molar-refractivity contribution in [1.82, 2.24) is 9.97 Å². The first-order valence-corrected chi connectivity index (χ1v) is 5.08. The normalized spacial score (nSPS) is 14.9. The zero-order chi connectivity index (χ0) is 9.80. The van der Waals surface area contributed by atoms with Crippen LogP contribution in [0.1, 0.15) is 24.2 Å². The van der Waals surface area contributed by atoms with Gasteiger partial charge in [0.1, 0.15) is 6.61 Å². The van der Waals surface area contributed by atoms with Crippen molar-refractivity contribution in [3.8, 4) is 5.88 Å². The zero-order valence-electron chi connectivity index (χ0n) is 8.20. The van der Waals surface area contributed by atoms with E-state index in [1.165, 1.54) is 12.8 Å². The van der Waals surface area contributed by atoms with Crippen molar-refractivity contribution < 1.29 is 4.74 Å². The first-order chi connectivity index (χ1) is 6.90. The largest absolute Gasteiger partial charge is 0.475 e. The van der Waals surface area contributed by atoms with Crippen molar-refractivity contribution in [3.63, 3.8) is 0 Å². The molecule has 1 aromatic rings. The third kappa shape index (κ3) is 2.01. The van der Waals surface area contributed by atoms with Crippen molar-refractivity contribution in [2.24, 2.45) is 5.73 Å². The maximum atomic E-state index is 5.34. The molecular weight excluding hydrogens is 178 g/mol. The lowest BCUT2D eigenvalue weighted by molar-refractivity contribution is 0.312. The Kier molecular flexibility index (Phi) is 2.93. The minimum atomic E-state index is 0.507. The SMILES string of the molecule is NCCOc1cnc2c(n1)CCCC2. The van der Waals surface area contributed by atoms with Crippen LogP contribution < -0.4 is 10.5 Å². The van der Waals surface area contributed by atoms with Gasteiger partial charge in [-0.3, -0.25) is 4.98 Å². The molecule has 0 aliphatic heterocycles. The van der Waals surface area contributed by atoms with Crippen LogP contribution in [0.2, 0.25) is 0 Å². The molecule has 0 fully saturated rings. The summed E-state index contributed by atoms with van der Waals surface area (Å²) in [5.74, 6) is 0.608. The Morgan fingerprint density at radius 2 is 2.07 bits per heavy atom. The molecule has 0 bridgehead atoms. The minimum absolute atomic E-state index is 0.507. The van der Waals surface area contributed by atoms with Gasteiger partial charge < -0.3 is 10.5 Å². The highest BCUT2D eigenvalue weighted by atomic mass is 16.5. The number of rotatable bonds is 3. The van der Waals surface area contributed by atoms with Crippen LogP contribution in [-0.2, 0) is 12.8 Å². The fourth-order valence-corrected chi connectivity index (χ4v) is 1.66. The van der Waals surface area contributed by atoms with Gasteiger partial charge in [-0.1, -0.05) is 0 Å². The molecule has 1 aromatic heterocycles. The predicted molar refractivity (Wildman–Crippen MR) is 53.2 cm³/mol. The molecule has 1 heterocycles. The van der Waals surface area contributed by atoms with Crippen LogP contribution in [-0.4, -0.2) is 23.1 Å². The monoisotopic (exact) mass is 193 g/mol. The second-order valence-electron chi connectivity index (χ2n) is 3.45. The summed E-state index contributed by atoms with van der Waals surface area (Å²) < 4.78 is 5.32. The molecular formula is C10H15N3O. The Morgan fingerprint density at radius 1 is 1.29 bits per heavy atom. The van der Waals surface area contributed by atoms with E-state index >= 15 is 0 Å².